The highest BCUT2D eigenvalue weighted by Gasteiger charge is 2.09. The first kappa shape index (κ1) is 21.4. The summed E-state index contributed by atoms with van der Waals surface area (Å²) in [5.41, 5.74) is 7.60. The van der Waals surface area contributed by atoms with E-state index in [1.807, 2.05) is 36.4 Å². The standard InChI is InChI=1S/C20H23N5O2.ClH/c1-13(2)12-27-17-5-3-4-15(10-17)20(26)22-16-8-6-14(7-9-16)19-23-18(11-21)24-25-19;/h3-10,13H,11-12,21H2,1-2H3,(H,22,26)(H,23,24,25);1H. The number of amides is 1. The van der Waals surface area contributed by atoms with Gasteiger partial charge < -0.3 is 15.8 Å². The van der Waals surface area contributed by atoms with Gasteiger partial charge in [-0.05, 0) is 48.4 Å². The number of ether oxygens (including phenoxy) is 1. The molecule has 1 aromatic heterocycles. The van der Waals surface area contributed by atoms with Gasteiger partial charge in [0.25, 0.3) is 5.91 Å². The van der Waals surface area contributed by atoms with Gasteiger partial charge in [-0.2, -0.15) is 5.10 Å². The van der Waals surface area contributed by atoms with E-state index >= 15 is 0 Å². The Bertz CT molecular complexity index is 909. The van der Waals surface area contributed by atoms with Gasteiger partial charge >= 0.3 is 0 Å². The van der Waals surface area contributed by atoms with Crippen LogP contribution in [0.4, 0.5) is 5.69 Å². The largest absolute Gasteiger partial charge is 0.493 e. The number of nitrogens with zero attached hydrogens (tertiary/aromatic N) is 2. The predicted octanol–water partition coefficient (Wildman–Crippen LogP) is 3.64. The van der Waals surface area contributed by atoms with Gasteiger partial charge in [-0.3, -0.25) is 9.89 Å². The molecule has 0 saturated heterocycles. The number of H-pyrrole nitrogens is 1. The number of carbonyl (C=O) groups is 1. The Morgan fingerprint density at radius 3 is 2.61 bits per heavy atom. The zero-order valence-electron chi connectivity index (χ0n) is 15.8. The van der Waals surface area contributed by atoms with Crippen molar-refractivity contribution >= 4 is 24.0 Å². The van der Waals surface area contributed by atoms with E-state index < -0.39 is 0 Å². The second-order valence-electron chi connectivity index (χ2n) is 6.57. The zero-order valence-corrected chi connectivity index (χ0v) is 16.6. The lowest BCUT2D eigenvalue weighted by Crippen LogP contribution is -2.12. The van der Waals surface area contributed by atoms with Crippen LogP contribution in [0.25, 0.3) is 11.4 Å². The van der Waals surface area contributed by atoms with Gasteiger partial charge in [0.1, 0.15) is 11.6 Å². The van der Waals surface area contributed by atoms with Crippen LogP contribution in [-0.4, -0.2) is 27.7 Å². The molecule has 3 aromatic rings. The van der Waals surface area contributed by atoms with E-state index in [0.29, 0.717) is 47.7 Å². The third-order valence-corrected chi connectivity index (χ3v) is 3.81. The third kappa shape index (κ3) is 5.55. The Hall–Kier alpha value is -2.90. The molecule has 0 aliphatic heterocycles. The number of aromatic nitrogens is 3. The molecular formula is C20H24ClN5O2. The lowest BCUT2D eigenvalue weighted by molar-refractivity contribution is 0.102. The van der Waals surface area contributed by atoms with Crippen molar-refractivity contribution in [1.82, 2.24) is 15.2 Å². The van der Waals surface area contributed by atoms with E-state index in [-0.39, 0.29) is 18.3 Å². The SMILES string of the molecule is CC(C)COc1cccc(C(=O)Nc2ccc(-c3n[nH]c(CN)n3)cc2)c1.Cl. The molecule has 3 rings (SSSR count). The van der Waals surface area contributed by atoms with Crippen LogP contribution in [-0.2, 0) is 6.54 Å². The smallest absolute Gasteiger partial charge is 0.255 e. The molecule has 0 radical (unpaired) electrons. The maximum absolute atomic E-state index is 12.5. The zero-order chi connectivity index (χ0) is 19.2. The molecule has 0 aliphatic carbocycles. The van der Waals surface area contributed by atoms with Crippen LogP contribution in [0.15, 0.2) is 48.5 Å². The number of nitrogens with one attached hydrogen (secondary N) is 2. The Labute approximate surface area is 170 Å². The number of anilines is 1. The average Bonchev–Trinajstić information content (AvgIpc) is 3.16. The van der Waals surface area contributed by atoms with Gasteiger partial charge in [-0.1, -0.05) is 19.9 Å². The summed E-state index contributed by atoms with van der Waals surface area (Å²) in [5.74, 6) is 2.12. The monoisotopic (exact) mass is 401 g/mol. The predicted molar refractivity (Wildman–Crippen MR) is 112 cm³/mol. The van der Waals surface area contributed by atoms with E-state index in [0.717, 1.165) is 5.56 Å². The highest BCUT2D eigenvalue weighted by Crippen LogP contribution is 2.20. The van der Waals surface area contributed by atoms with E-state index in [1.54, 1.807) is 12.1 Å². The Balaban J connectivity index is 0.00000280. The Morgan fingerprint density at radius 1 is 1.21 bits per heavy atom. The van der Waals surface area contributed by atoms with Gasteiger partial charge in [0, 0.05) is 16.8 Å². The maximum Gasteiger partial charge on any atom is 0.255 e. The van der Waals surface area contributed by atoms with E-state index in [9.17, 15) is 4.79 Å². The van der Waals surface area contributed by atoms with Crippen LogP contribution in [0.5, 0.6) is 5.75 Å². The summed E-state index contributed by atoms with van der Waals surface area (Å²) < 4.78 is 5.68. The van der Waals surface area contributed by atoms with Gasteiger partial charge in [0.2, 0.25) is 0 Å². The maximum atomic E-state index is 12.5. The number of hydrogen-bond acceptors (Lipinski definition) is 5. The fourth-order valence-corrected chi connectivity index (χ4v) is 2.41. The minimum Gasteiger partial charge on any atom is -0.493 e. The topological polar surface area (TPSA) is 106 Å². The van der Waals surface area contributed by atoms with Gasteiger partial charge in [-0.25, -0.2) is 4.98 Å². The lowest BCUT2D eigenvalue weighted by Gasteiger charge is -2.10. The van der Waals surface area contributed by atoms with E-state index in [2.05, 4.69) is 34.3 Å². The lowest BCUT2D eigenvalue weighted by atomic mass is 10.1. The second-order valence-corrected chi connectivity index (χ2v) is 6.57. The van der Waals surface area contributed by atoms with Crippen LogP contribution in [0.2, 0.25) is 0 Å². The quantitative estimate of drug-likeness (QED) is 0.560. The first-order valence-corrected chi connectivity index (χ1v) is 8.81. The number of aromatic amines is 1. The number of hydrogen-bond donors (Lipinski definition) is 3. The van der Waals surface area contributed by atoms with Crippen LogP contribution in [0.1, 0.15) is 30.0 Å². The normalized spacial score (nSPS) is 10.4. The molecule has 1 heterocycles. The summed E-state index contributed by atoms with van der Waals surface area (Å²) in [6.07, 6.45) is 0. The molecule has 0 fully saturated rings. The van der Waals surface area contributed by atoms with Crippen LogP contribution in [0, 0.1) is 5.92 Å². The molecule has 0 saturated carbocycles. The molecule has 0 unspecified atom stereocenters. The van der Waals surface area contributed by atoms with Crippen molar-refractivity contribution < 1.29 is 9.53 Å². The van der Waals surface area contributed by atoms with Crippen molar-refractivity contribution in [2.24, 2.45) is 11.7 Å². The number of nitrogens with two attached hydrogens (primary N) is 1. The fraction of sp³-hybridized carbons (Fsp3) is 0.250. The van der Waals surface area contributed by atoms with Crippen molar-refractivity contribution in [2.75, 3.05) is 11.9 Å². The fourth-order valence-electron chi connectivity index (χ4n) is 2.41. The van der Waals surface area contributed by atoms with Crippen LogP contribution in [0.3, 0.4) is 0 Å². The average molecular weight is 402 g/mol. The van der Waals surface area contributed by atoms with Crippen molar-refractivity contribution in [1.29, 1.82) is 0 Å². The van der Waals surface area contributed by atoms with E-state index in [1.165, 1.54) is 0 Å². The molecule has 7 nitrogen and oxygen atoms in total. The van der Waals surface area contributed by atoms with Crippen molar-refractivity contribution in [3.05, 3.63) is 59.9 Å². The summed E-state index contributed by atoms with van der Waals surface area (Å²) in [7, 11) is 0. The number of rotatable bonds is 7. The minimum atomic E-state index is -0.193. The number of carbonyl (C=O) groups excluding carboxylic acids is 1. The highest BCUT2D eigenvalue weighted by atomic mass is 35.5. The van der Waals surface area contributed by atoms with Crippen molar-refractivity contribution in [2.45, 2.75) is 20.4 Å². The summed E-state index contributed by atoms with van der Waals surface area (Å²) in [6, 6.07) is 14.5. The molecule has 0 atom stereocenters. The Kier molecular flexibility index (Phi) is 7.54. The van der Waals surface area contributed by atoms with Gasteiger partial charge in [-0.15, -0.1) is 12.4 Å². The molecular weight excluding hydrogens is 378 g/mol. The molecule has 2 aromatic carbocycles. The van der Waals surface area contributed by atoms with Crippen molar-refractivity contribution in [3.63, 3.8) is 0 Å². The molecule has 4 N–H and O–H groups in total. The number of halogens is 1. The second kappa shape index (κ2) is 9.87. The minimum absolute atomic E-state index is 0. The first-order chi connectivity index (χ1) is 13.0. The third-order valence-electron chi connectivity index (χ3n) is 3.81. The van der Waals surface area contributed by atoms with Gasteiger partial charge in [0.05, 0.1) is 13.2 Å². The summed E-state index contributed by atoms with van der Waals surface area (Å²) in [5, 5.41) is 9.78. The molecule has 8 heteroatoms. The molecule has 1 amide bonds. The summed E-state index contributed by atoms with van der Waals surface area (Å²) >= 11 is 0. The summed E-state index contributed by atoms with van der Waals surface area (Å²) in [4.78, 5) is 16.8. The molecule has 0 aliphatic rings. The highest BCUT2D eigenvalue weighted by molar-refractivity contribution is 6.04. The molecule has 0 bridgehead atoms. The Morgan fingerprint density at radius 2 is 1.96 bits per heavy atom. The van der Waals surface area contributed by atoms with Crippen LogP contribution >= 0.6 is 12.4 Å². The van der Waals surface area contributed by atoms with Crippen molar-refractivity contribution in [3.8, 4) is 17.1 Å². The first-order valence-electron chi connectivity index (χ1n) is 8.81. The molecule has 148 valence electrons. The molecule has 28 heavy (non-hydrogen) atoms. The van der Waals surface area contributed by atoms with Gasteiger partial charge in [0.15, 0.2) is 5.82 Å². The molecule has 0 spiro atoms. The summed E-state index contributed by atoms with van der Waals surface area (Å²) in [6.45, 7) is 5.08. The van der Waals surface area contributed by atoms with Crippen LogP contribution < -0.4 is 15.8 Å². The number of benzene rings is 2. The van der Waals surface area contributed by atoms with E-state index in [4.69, 9.17) is 10.5 Å².